The summed E-state index contributed by atoms with van der Waals surface area (Å²) in [6.07, 6.45) is 3.78. The molecule has 4 aromatic rings. The van der Waals surface area contributed by atoms with Gasteiger partial charge in [-0.15, -0.1) is 0 Å². The maximum Gasteiger partial charge on any atom is 0.270 e. The molecular formula is C34H24N2O5. The van der Waals surface area contributed by atoms with Crippen LogP contribution in [0.4, 0.5) is 11.4 Å². The highest BCUT2D eigenvalue weighted by atomic mass is 16.6. The minimum absolute atomic E-state index is 0.152. The number of aryl methyl sites for hydroxylation is 1. The quantitative estimate of drug-likeness (QED) is 0.132. The second kappa shape index (κ2) is 8.93. The summed E-state index contributed by atoms with van der Waals surface area (Å²) in [5.41, 5.74) is 2.32. The fourth-order valence-electron chi connectivity index (χ4n) is 7.01. The standard InChI is InChI=1S/C34H24N2O5/c1-20-13-15-22(16-14-20)29-30(31(37)23-8-6-9-24(19-23)36(40)41)35-27-12-5-2-7-21(27)17-18-28(35)34(29)32(38)25-10-3-4-11-26(25)33(34)39/h2-19,28-30H,1H3/t28-,29+,30-/m0/s1. The Morgan fingerprint density at radius 1 is 0.854 bits per heavy atom. The number of rotatable bonds is 4. The molecule has 0 unspecified atom stereocenters. The summed E-state index contributed by atoms with van der Waals surface area (Å²) in [7, 11) is 0. The van der Waals surface area contributed by atoms with Crippen LogP contribution >= 0.6 is 0 Å². The predicted molar refractivity (Wildman–Crippen MR) is 154 cm³/mol. The molecule has 3 atom stereocenters. The van der Waals surface area contributed by atoms with Crippen molar-refractivity contribution in [3.63, 3.8) is 0 Å². The Labute approximate surface area is 235 Å². The number of nitro groups is 1. The van der Waals surface area contributed by atoms with Crippen LogP contribution in [-0.2, 0) is 0 Å². The average molecular weight is 541 g/mol. The summed E-state index contributed by atoms with van der Waals surface area (Å²) in [6, 6.07) is 25.9. The zero-order chi connectivity index (χ0) is 28.5. The van der Waals surface area contributed by atoms with Crippen LogP contribution < -0.4 is 4.90 Å². The molecule has 0 N–H and O–H groups in total. The normalized spacial score (nSPS) is 21.5. The van der Waals surface area contributed by atoms with E-state index in [9.17, 15) is 24.5 Å². The highest BCUT2D eigenvalue weighted by Crippen LogP contribution is 2.61. The largest absolute Gasteiger partial charge is 0.352 e. The van der Waals surface area contributed by atoms with Crippen molar-refractivity contribution in [1.82, 2.24) is 0 Å². The molecule has 0 bridgehead atoms. The van der Waals surface area contributed by atoms with Gasteiger partial charge in [0.1, 0.15) is 11.5 Å². The van der Waals surface area contributed by atoms with E-state index in [0.717, 1.165) is 16.8 Å². The topological polar surface area (TPSA) is 97.6 Å². The molecule has 7 heteroatoms. The molecule has 0 aromatic heterocycles. The number of hydrogen-bond acceptors (Lipinski definition) is 6. The minimum Gasteiger partial charge on any atom is -0.352 e. The third kappa shape index (κ3) is 3.35. The SMILES string of the molecule is Cc1ccc([C@@H]2[C@@H](C(=O)c3cccc([N+](=O)[O-])c3)N3c4ccccc4C=C[C@H]3C23C(=O)c2ccccc2C3=O)cc1. The second-order valence-electron chi connectivity index (χ2n) is 10.8. The first-order valence-corrected chi connectivity index (χ1v) is 13.4. The highest BCUT2D eigenvalue weighted by Gasteiger charge is 2.71. The Bertz CT molecular complexity index is 1790. The minimum atomic E-state index is -1.61. The van der Waals surface area contributed by atoms with Gasteiger partial charge in [-0.2, -0.15) is 0 Å². The van der Waals surface area contributed by atoms with Crippen molar-refractivity contribution in [3.8, 4) is 0 Å². The van der Waals surface area contributed by atoms with Gasteiger partial charge in [0.15, 0.2) is 17.3 Å². The zero-order valence-corrected chi connectivity index (χ0v) is 22.1. The molecule has 4 aromatic carbocycles. The van der Waals surface area contributed by atoms with E-state index in [-0.39, 0.29) is 28.6 Å². The van der Waals surface area contributed by atoms with Crippen molar-refractivity contribution in [2.45, 2.75) is 24.9 Å². The van der Waals surface area contributed by atoms with E-state index in [1.165, 1.54) is 18.2 Å². The molecule has 1 spiro atoms. The van der Waals surface area contributed by atoms with Gasteiger partial charge in [-0.25, -0.2) is 0 Å². The maximum absolute atomic E-state index is 14.7. The maximum atomic E-state index is 14.7. The van der Waals surface area contributed by atoms with Crippen LogP contribution in [0.15, 0.2) is 103 Å². The lowest BCUT2D eigenvalue weighted by Gasteiger charge is -2.37. The zero-order valence-electron chi connectivity index (χ0n) is 22.1. The van der Waals surface area contributed by atoms with Crippen LogP contribution in [0.1, 0.15) is 53.7 Å². The van der Waals surface area contributed by atoms with Gasteiger partial charge >= 0.3 is 0 Å². The van der Waals surface area contributed by atoms with Crippen molar-refractivity contribution in [3.05, 3.63) is 147 Å². The summed E-state index contributed by atoms with van der Waals surface area (Å²) < 4.78 is 0. The monoisotopic (exact) mass is 540 g/mol. The van der Waals surface area contributed by atoms with Crippen LogP contribution in [-0.4, -0.2) is 34.4 Å². The third-order valence-electron chi connectivity index (χ3n) is 8.76. The number of nitrogens with zero attached hydrogens (tertiary/aromatic N) is 2. The van der Waals surface area contributed by atoms with Crippen molar-refractivity contribution in [2.75, 3.05) is 4.90 Å². The van der Waals surface area contributed by atoms with Crippen LogP contribution in [0.2, 0.25) is 0 Å². The Morgan fingerprint density at radius 3 is 2.20 bits per heavy atom. The Kier molecular flexibility index (Phi) is 5.41. The lowest BCUT2D eigenvalue weighted by molar-refractivity contribution is -0.384. The molecule has 1 aliphatic carbocycles. The van der Waals surface area contributed by atoms with Gasteiger partial charge in [0.25, 0.3) is 5.69 Å². The second-order valence-corrected chi connectivity index (χ2v) is 10.8. The number of Topliss-reactive ketones (excluding diaryl/α,β-unsaturated/α-hetero) is 3. The summed E-state index contributed by atoms with van der Waals surface area (Å²) in [5.74, 6) is -1.86. The summed E-state index contributed by atoms with van der Waals surface area (Å²) >= 11 is 0. The fraction of sp³-hybridized carbons (Fsp3) is 0.147. The van der Waals surface area contributed by atoms with Gasteiger partial charge < -0.3 is 4.90 Å². The number of nitro benzene ring substituents is 1. The number of anilines is 1. The molecule has 7 nitrogen and oxygen atoms in total. The molecular weight excluding hydrogens is 516 g/mol. The number of benzene rings is 4. The van der Waals surface area contributed by atoms with Gasteiger partial charge in [-0.3, -0.25) is 24.5 Å². The molecule has 0 saturated carbocycles. The number of fused-ring (bicyclic) bond motifs is 5. The average Bonchev–Trinajstić information content (AvgIpc) is 3.43. The van der Waals surface area contributed by atoms with Crippen LogP contribution in [0.3, 0.4) is 0 Å². The van der Waals surface area contributed by atoms with Gasteiger partial charge in [0, 0.05) is 40.4 Å². The lowest BCUT2D eigenvalue weighted by atomic mass is 9.64. The summed E-state index contributed by atoms with van der Waals surface area (Å²) in [5, 5.41) is 11.6. The van der Waals surface area contributed by atoms with E-state index in [1.54, 1.807) is 30.3 Å². The van der Waals surface area contributed by atoms with E-state index in [1.807, 2.05) is 72.5 Å². The van der Waals surface area contributed by atoms with Crippen molar-refractivity contribution >= 4 is 34.8 Å². The first-order valence-electron chi connectivity index (χ1n) is 13.4. The van der Waals surface area contributed by atoms with E-state index in [4.69, 9.17) is 0 Å². The molecule has 200 valence electrons. The van der Waals surface area contributed by atoms with Gasteiger partial charge in [0.05, 0.1) is 11.0 Å². The molecule has 1 fully saturated rings. The molecule has 41 heavy (non-hydrogen) atoms. The van der Waals surface area contributed by atoms with E-state index >= 15 is 0 Å². The van der Waals surface area contributed by atoms with E-state index in [0.29, 0.717) is 16.7 Å². The number of carbonyl (C=O) groups excluding carboxylic acids is 3. The fourth-order valence-corrected chi connectivity index (χ4v) is 7.01. The first-order chi connectivity index (χ1) is 19.8. The highest BCUT2D eigenvalue weighted by molar-refractivity contribution is 6.32. The summed E-state index contributed by atoms with van der Waals surface area (Å²) in [4.78, 5) is 56.9. The van der Waals surface area contributed by atoms with Gasteiger partial charge in [-0.1, -0.05) is 96.6 Å². The number of para-hydroxylation sites is 1. The van der Waals surface area contributed by atoms with E-state index < -0.39 is 28.3 Å². The first kappa shape index (κ1) is 24.8. The number of carbonyl (C=O) groups is 3. The van der Waals surface area contributed by atoms with Crippen molar-refractivity contribution in [2.24, 2.45) is 5.41 Å². The number of non-ortho nitro benzene ring substituents is 1. The molecule has 0 amide bonds. The van der Waals surface area contributed by atoms with Crippen LogP contribution in [0, 0.1) is 22.5 Å². The number of hydrogen-bond donors (Lipinski definition) is 0. The summed E-state index contributed by atoms with van der Waals surface area (Å²) in [6.45, 7) is 1.95. The molecule has 2 heterocycles. The Hall–Kier alpha value is -5.17. The van der Waals surface area contributed by atoms with Crippen LogP contribution in [0.25, 0.3) is 6.08 Å². The van der Waals surface area contributed by atoms with Gasteiger partial charge in [-0.05, 0) is 24.1 Å². The predicted octanol–water partition coefficient (Wildman–Crippen LogP) is 6.22. The van der Waals surface area contributed by atoms with Gasteiger partial charge in [0.2, 0.25) is 0 Å². The Morgan fingerprint density at radius 2 is 1.51 bits per heavy atom. The van der Waals surface area contributed by atoms with Crippen molar-refractivity contribution < 1.29 is 19.3 Å². The van der Waals surface area contributed by atoms with Crippen LogP contribution in [0.5, 0.6) is 0 Å². The van der Waals surface area contributed by atoms with E-state index in [2.05, 4.69) is 0 Å². The number of ketones is 3. The molecule has 7 rings (SSSR count). The molecule has 1 saturated heterocycles. The molecule has 0 radical (unpaired) electrons. The smallest absolute Gasteiger partial charge is 0.270 e. The molecule has 3 aliphatic rings. The molecule has 2 aliphatic heterocycles. The lowest BCUT2D eigenvalue weighted by Crippen LogP contribution is -2.48. The Balaban J connectivity index is 1.54. The van der Waals surface area contributed by atoms with Crippen molar-refractivity contribution in [1.29, 1.82) is 0 Å². The third-order valence-corrected chi connectivity index (χ3v) is 8.76.